The van der Waals surface area contributed by atoms with Crippen molar-refractivity contribution in [1.82, 2.24) is 20.0 Å². The van der Waals surface area contributed by atoms with E-state index in [0.717, 1.165) is 24.3 Å². The summed E-state index contributed by atoms with van der Waals surface area (Å²) < 4.78 is 1.81. The molecule has 3 rings (SSSR count). The molecule has 1 aliphatic heterocycles. The van der Waals surface area contributed by atoms with Crippen molar-refractivity contribution in [3.63, 3.8) is 0 Å². The zero-order valence-electron chi connectivity index (χ0n) is 15.1. The summed E-state index contributed by atoms with van der Waals surface area (Å²) >= 11 is 0. The topological polar surface area (TPSA) is 50.2 Å². The number of likely N-dealkylation sites (tertiary alicyclic amines) is 1. The van der Waals surface area contributed by atoms with Gasteiger partial charge in [-0.25, -0.2) is 4.68 Å². The second-order valence-electron chi connectivity index (χ2n) is 6.76. The molecule has 1 saturated heterocycles. The average Bonchev–Trinajstić information content (AvgIpc) is 2.84. The van der Waals surface area contributed by atoms with Crippen molar-refractivity contribution in [1.29, 1.82) is 0 Å². The molecule has 0 unspecified atom stereocenters. The van der Waals surface area contributed by atoms with Gasteiger partial charge in [0.25, 0.3) is 5.91 Å². The number of nitrogens with zero attached hydrogens (tertiary/aromatic N) is 3. The molecule has 134 valence electrons. The Labute approximate surface area is 150 Å². The molecule has 0 spiro atoms. The molecular formula is C20H28N4O. The first kappa shape index (κ1) is 17.7. The molecule has 5 heteroatoms. The Morgan fingerprint density at radius 1 is 1.12 bits per heavy atom. The molecule has 2 aromatic rings. The minimum Gasteiger partial charge on any atom is -0.352 e. The van der Waals surface area contributed by atoms with Crippen molar-refractivity contribution in [2.45, 2.75) is 39.0 Å². The SMILES string of the molecule is Cc1c(C(=O)NCCCN2CCCCCC2)cnn1-c1ccccc1. The Bertz CT molecular complexity index is 672. The van der Waals surface area contributed by atoms with Crippen LogP contribution in [0.2, 0.25) is 0 Å². The molecule has 1 aromatic heterocycles. The maximum Gasteiger partial charge on any atom is 0.254 e. The Morgan fingerprint density at radius 3 is 2.56 bits per heavy atom. The molecule has 1 aromatic carbocycles. The second-order valence-corrected chi connectivity index (χ2v) is 6.76. The van der Waals surface area contributed by atoms with Crippen LogP contribution in [0.4, 0.5) is 0 Å². The lowest BCUT2D eigenvalue weighted by atomic mass is 10.2. The molecule has 1 N–H and O–H groups in total. The predicted molar refractivity (Wildman–Crippen MR) is 100 cm³/mol. The van der Waals surface area contributed by atoms with Gasteiger partial charge in [0.05, 0.1) is 23.1 Å². The molecule has 1 aliphatic rings. The number of amides is 1. The Hall–Kier alpha value is -2.14. The van der Waals surface area contributed by atoms with E-state index in [-0.39, 0.29) is 5.91 Å². The summed E-state index contributed by atoms with van der Waals surface area (Å²) in [7, 11) is 0. The number of hydrogen-bond acceptors (Lipinski definition) is 3. The number of para-hydroxylation sites is 1. The van der Waals surface area contributed by atoms with E-state index in [4.69, 9.17) is 0 Å². The van der Waals surface area contributed by atoms with Gasteiger partial charge >= 0.3 is 0 Å². The lowest BCUT2D eigenvalue weighted by Crippen LogP contribution is -2.30. The first-order valence-electron chi connectivity index (χ1n) is 9.36. The minimum atomic E-state index is -0.0319. The van der Waals surface area contributed by atoms with Crippen LogP contribution in [-0.4, -0.2) is 46.8 Å². The highest BCUT2D eigenvalue weighted by molar-refractivity contribution is 5.95. The van der Waals surface area contributed by atoms with Crippen molar-refractivity contribution in [3.8, 4) is 5.69 Å². The van der Waals surface area contributed by atoms with Gasteiger partial charge in [-0.05, 0) is 58.0 Å². The van der Waals surface area contributed by atoms with Gasteiger partial charge < -0.3 is 10.2 Å². The Kier molecular flexibility index (Phi) is 6.23. The zero-order valence-corrected chi connectivity index (χ0v) is 15.1. The van der Waals surface area contributed by atoms with E-state index in [2.05, 4.69) is 15.3 Å². The molecule has 25 heavy (non-hydrogen) atoms. The van der Waals surface area contributed by atoms with Crippen LogP contribution in [0, 0.1) is 6.92 Å². The normalized spacial score (nSPS) is 15.7. The van der Waals surface area contributed by atoms with Gasteiger partial charge in [-0.3, -0.25) is 4.79 Å². The molecule has 0 bridgehead atoms. The van der Waals surface area contributed by atoms with Gasteiger partial charge in [-0.2, -0.15) is 5.10 Å². The summed E-state index contributed by atoms with van der Waals surface area (Å²) in [4.78, 5) is 15.0. The standard InChI is InChI=1S/C20H28N4O/c1-17-19(16-22-24(17)18-10-5-4-6-11-18)20(25)21-12-9-15-23-13-7-2-3-8-14-23/h4-6,10-11,16H,2-3,7-9,12-15H2,1H3,(H,21,25). The van der Waals surface area contributed by atoms with E-state index in [9.17, 15) is 4.79 Å². The number of carbonyl (C=O) groups is 1. The van der Waals surface area contributed by atoms with Crippen molar-refractivity contribution < 1.29 is 4.79 Å². The Balaban J connectivity index is 1.49. The lowest BCUT2D eigenvalue weighted by Gasteiger charge is -2.19. The van der Waals surface area contributed by atoms with Crippen LogP contribution >= 0.6 is 0 Å². The predicted octanol–water partition coefficient (Wildman–Crippen LogP) is 3.18. The highest BCUT2D eigenvalue weighted by Gasteiger charge is 2.15. The summed E-state index contributed by atoms with van der Waals surface area (Å²) in [6, 6.07) is 9.89. The van der Waals surface area contributed by atoms with Crippen LogP contribution in [0.1, 0.15) is 48.2 Å². The van der Waals surface area contributed by atoms with Crippen LogP contribution in [0.5, 0.6) is 0 Å². The quantitative estimate of drug-likeness (QED) is 0.822. The summed E-state index contributed by atoms with van der Waals surface area (Å²) in [5.41, 5.74) is 2.50. The maximum absolute atomic E-state index is 12.4. The van der Waals surface area contributed by atoms with Crippen LogP contribution in [-0.2, 0) is 0 Å². The van der Waals surface area contributed by atoms with Crippen LogP contribution in [0.15, 0.2) is 36.5 Å². The van der Waals surface area contributed by atoms with E-state index in [1.807, 2.05) is 41.9 Å². The van der Waals surface area contributed by atoms with E-state index < -0.39 is 0 Å². The molecule has 0 saturated carbocycles. The summed E-state index contributed by atoms with van der Waals surface area (Å²) in [6.07, 6.45) is 7.99. The van der Waals surface area contributed by atoms with Crippen molar-refractivity contribution in [3.05, 3.63) is 47.8 Å². The minimum absolute atomic E-state index is 0.0319. The van der Waals surface area contributed by atoms with Crippen LogP contribution in [0.3, 0.4) is 0 Å². The fourth-order valence-corrected chi connectivity index (χ4v) is 3.42. The fraction of sp³-hybridized carbons (Fsp3) is 0.500. The Morgan fingerprint density at radius 2 is 1.84 bits per heavy atom. The number of hydrogen-bond donors (Lipinski definition) is 1. The smallest absolute Gasteiger partial charge is 0.254 e. The number of benzene rings is 1. The van der Waals surface area contributed by atoms with Crippen molar-refractivity contribution >= 4 is 5.91 Å². The van der Waals surface area contributed by atoms with Crippen LogP contribution < -0.4 is 5.32 Å². The highest BCUT2D eigenvalue weighted by Crippen LogP contribution is 2.14. The third-order valence-electron chi connectivity index (χ3n) is 4.89. The van der Waals surface area contributed by atoms with E-state index in [1.165, 1.54) is 38.8 Å². The number of carbonyl (C=O) groups excluding carboxylic acids is 1. The molecule has 2 heterocycles. The van der Waals surface area contributed by atoms with Crippen molar-refractivity contribution in [2.24, 2.45) is 0 Å². The molecule has 0 aliphatic carbocycles. The highest BCUT2D eigenvalue weighted by atomic mass is 16.1. The zero-order chi connectivity index (χ0) is 17.5. The molecule has 0 radical (unpaired) electrons. The first-order chi connectivity index (χ1) is 12.3. The third-order valence-corrected chi connectivity index (χ3v) is 4.89. The third kappa shape index (κ3) is 4.69. The van der Waals surface area contributed by atoms with Gasteiger partial charge in [0.15, 0.2) is 0 Å². The largest absolute Gasteiger partial charge is 0.352 e. The lowest BCUT2D eigenvalue weighted by molar-refractivity contribution is 0.0951. The number of rotatable bonds is 6. The van der Waals surface area contributed by atoms with E-state index in [1.54, 1.807) is 6.20 Å². The van der Waals surface area contributed by atoms with Gasteiger partial charge in [0.2, 0.25) is 0 Å². The molecule has 1 fully saturated rings. The second kappa shape index (κ2) is 8.81. The van der Waals surface area contributed by atoms with Crippen LogP contribution in [0.25, 0.3) is 5.69 Å². The van der Waals surface area contributed by atoms with E-state index >= 15 is 0 Å². The number of nitrogens with one attached hydrogen (secondary N) is 1. The van der Waals surface area contributed by atoms with E-state index in [0.29, 0.717) is 12.1 Å². The first-order valence-corrected chi connectivity index (χ1v) is 9.36. The van der Waals surface area contributed by atoms with Gasteiger partial charge in [0.1, 0.15) is 0 Å². The molecular weight excluding hydrogens is 312 g/mol. The monoisotopic (exact) mass is 340 g/mol. The summed E-state index contributed by atoms with van der Waals surface area (Å²) in [5.74, 6) is -0.0319. The van der Waals surface area contributed by atoms with Gasteiger partial charge in [-0.15, -0.1) is 0 Å². The average molecular weight is 340 g/mol. The molecule has 5 nitrogen and oxygen atoms in total. The molecule has 0 atom stereocenters. The van der Waals surface area contributed by atoms with Gasteiger partial charge in [0, 0.05) is 6.54 Å². The summed E-state index contributed by atoms with van der Waals surface area (Å²) in [5, 5.41) is 7.41. The summed E-state index contributed by atoms with van der Waals surface area (Å²) in [6.45, 7) is 6.13. The fourth-order valence-electron chi connectivity index (χ4n) is 3.42. The maximum atomic E-state index is 12.4. The molecule has 1 amide bonds. The number of aromatic nitrogens is 2. The van der Waals surface area contributed by atoms with Gasteiger partial charge in [-0.1, -0.05) is 31.0 Å². The van der Waals surface area contributed by atoms with Crippen molar-refractivity contribution in [2.75, 3.05) is 26.2 Å².